The van der Waals surface area contributed by atoms with Crippen LogP contribution in [0.2, 0.25) is 0 Å². The van der Waals surface area contributed by atoms with Gasteiger partial charge >= 0.3 is 0 Å². The zero-order chi connectivity index (χ0) is 12.1. The second-order valence-electron chi connectivity index (χ2n) is 3.35. The van der Waals surface area contributed by atoms with Crippen LogP contribution in [-0.4, -0.2) is 31.7 Å². The van der Waals surface area contributed by atoms with Gasteiger partial charge < -0.3 is 14.6 Å². The van der Waals surface area contributed by atoms with Crippen LogP contribution >= 0.6 is 15.9 Å². The molecule has 0 saturated carbocycles. The molecule has 0 aliphatic carbocycles. The average molecular weight is 293 g/mol. The summed E-state index contributed by atoms with van der Waals surface area (Å²) in [5.74, 6) is -0.362. The van der Waals surface area contributed by atoms with Gasteiger partial charge in [-0.1, -0.05) is 22.0 Å². The highest BCUT2D eigenvalue weighted by Crippen LogP contribution is 2.17. The third-order valence-electron chi connectivity index (χ3n) is 2.22. The van der Waals surface area contributed by atoms with Gasteiger partial charge in [-0.2, -0.15) is 0 Å². The molecule has 1 unspecified atom stereocenters. The van der Waals surface area contributed by atoms with E-state index in [4.69, 9.17) is 9.47 Å². The van der Waals surface area contributed by atoms with E-state index in [1.54, 1.807) is 12.1 Å². The molecule has 16 heavy (non-hydrogen) atoms. The molecule has 0 amide bonds. The molecule has 0 fully saturated rings. The minimum Gasteiger partial charge on any atom is -0.387 e. The molecule has 1 atom stereocenters. The van der Waals surface area contributed by atoms with Crippen LogP contribution in [0.5, 0.6) is 0 Å². The maximum absolute atomic E-state index is 13.5. The second kappa shape index (κ2) is 6.30. The van der Waals surface area contributed by atoms with E-state index >= 15 is 0 Å². The molecule has 0 radical (unpaired) electrons. The van der Waals surface area contributed by atoms with Crippen LogP contribution in [0, 0.1) is 5.82 Å². The fourth-order valence-electron chi connectivity index (χ4n) is 1.42. The van der Waals surface area contributed by atoms with Gasteiger partial charge in [-0.05, 0) is 17.7 Å². The molecule has 0 spiro atoms. The van der Waals surface area contributed by atoms with Crippen molar-refractivity contribution in [1.82, 2.24) is 0 Å². The number of aliphatic hydroxyl groups excluding tert-OH is 1. The standard InChI is InChI=1S/C11H14BrFO3/c1-15-11(16-2)10(14)5-7-3-4-8(12)6-9(7)13/h3-4,6,10-11,14H,5H2,1-2H3. The Morgan fingerprint density at radius 3 is 2.50 bits per heavy atom. The van der Waals surface area contributed by atoms with Gasteiger partial charge in [0.1, 0.15) is 11.9 Å². The van der Waals surface area contributed by atoms with E-state index in [0.29, 0.717) is 10.0 Å². The Morgan fingerprint density at radius 2 is 2.00 bits per heavy atom. The summed E-state index contributed by atoms with van der Waals surface area (Å²) in [5.41, 5.74) is 0.426. The smallest absolute Gasteiger partial charge is 0.183 e. The lowest BCUT2D eigenvalue weighted by molar-refractivity contribution is -0.163. The molecule has 90 valence electrons. The number of methoxy groups -OCH3 is 2. The molecule has 0 aliphatic rings. The van der Waals surface area contributed by atoms with Crippen LogP contribution < -0.4 is 0 Å². The number of benzene rings is 1. The van der Waals surface area contributed by atoms with Gasteiger partial charge in [0, 0.05) is 25.1 Å². The van der Waals surface area contributed by atoms with Gasteiger partial charge in [-0.25, -0.2) is 4.39 Å². The molecular weight excluding hydrogens is 279 g/mol. The van der Waals surface area contributed by atoms with Crippen molar-refractivity contribution in [3.63, 3.8) is 0 Å². The third-order valence-corrected chi connectivity index (χ3v) is 2.72. The molecule has 1 aromatic rings. The van der Waals surface area contributed by atoms with E-state index in [9.17, 15) is 9.50 Å². The molecule has 1 aromatic carbocycles. The predicted octanol–water partition coefficient (Wildman–Crippen LogP) is 2.11. The molecule has 0 heterocycles. The third kappa shape index (κ3) is 3.52. The van der Waals surface area contributed by atoms with Crippen molar-refractivity contribution in [2.24, 2.45) is 0 Å². The molecule has 0 aromatic heterocycles. The van der Waals surface area contributed by atoms with E-state index in [1.165, 1.54) is 20.3 Å². The number of rotatable bonds is 5. The Kier molecular flexibility index (Phi) is 5.34. The Labute approximate surface area is 102 Å². The minimum atomic E-state index is -0.898. The highest BCUT2D eigenvalue weighted by atomic mass is 79.9. The molecule has 1 N–H and O–H groups in total. The molecule has 5 heteroatoms. The summed E-state index contributed by atoms with van der Waals surface area (Å²) in [7, 11) is 2.85. The normalized spacial score (nSPS) is 13.1. The molecule has 0 saturated heterocycles. The maximum Gasteiger partial charge on any atom is 0.183 e. The monoisotopic (exact) mass is 292 g/mol. The van der Waals surface area contributed by atoms with Crippen LogP contribution in [-0.2, 0) is 15.9 Å². The highest BCUT2D eigenvalue weighted by Gasteiger charge is 2.19. The van der Waals surface area contributed by atoms with Gasteiger partial charge in [0.25, 0.3) is 0 Å². The maximum atomic E-state index is 13.5. The van der Waals surface area contributed by atoms with E-state index in [2.05, 4.69) is 15.9 Å². The van der Waals surface area contributed by atoms with Crippen LogP contribution in [0.15, 0.2) is 22.7 Å². The van der Waals surface area contributed by atoms with Gasteiger partial charge in [-0.3, -0.25) is 0 Å². The first kappa shape index (κ1) is 13.6. The zero-order valence-corrected chi connectivity index (χ0v) is 10.7. The van der Waals surface area contributed by atoms with E-state index < -0.39 is 12.4 Å². The van der Waals surface area contributed by atoms with Crippen LogP contribution in [0.1, 0.15) is 5.56 Å². The SMILES string of the molecule is COC(OC)C(O)Cc1ccc(Br)cc1F. The zero-order valence-electron chi connectivity index (χ0n) is 9.11. The number of halogens is 2. The van der Waals surface area contributed by atoms with E-state index in [1.807, 2.05) is 0 Å². The predicted molar refractivity (Wildman–Crippen MR) is 61.6 cm³/mol. The Hall–Kier alpha value is -0.490. The van der Waals surface area contributed by atoms with Crippen molar-refractivity contribution in [2.45, 2.75) is 18.8 Å². The number of hydrogen-bond donors (Lipinski definition) is 1. The summed E-state index contributed by atoms with van der Waals surface area (Å²) in [6, 6.07) is 4.70. The second-order valence-corrected chi connectivity index (χ2v) is 4.26. The summed E-state index contributed by atoms with van der Waals surface area (Å²) in [5, 5.41) is 9.73. The molecule has 3 nitrogen and oxygen atoms in total. The van der Waals surface area contributed by atoms with E-state index in [0.717, 1.165) is 0 Å². The van der Waals surface area contributed by atoms with Crippen molar-refractivity contribution in [3.05, 3.63) is 34.1 Å². The van der Waals surface area contributed by atoms with Crippen molar-refractivity contribution < 1.29 is 19.0 Å². The van der Waals surface area contributed by atoms with Gasteiger partial charge in [0.15, 0.2) is 6.29 Å². The lowest BCUT2D eigenvalue weighted by atomic mass is 10.1. The highest BCUT2D eigenvalue weighted by molar-refractivity contribution is 9.10. The summed E-state index contributed by atoms with van der Waals surface area (Å²) in [4.78, 5) is 0. The van der Waals surface area contributed by atoms with Crippen molar-refractivity contribution in [3.8, 4) is 0 Å². The first-order valence-electron chi connectivity index (χ1n) is 4.76. The average Bonchev–Trinajstić information content (AvgIpc) is 2.24. The fourth-order valence-corrected chi connectivity index (χ4v) is 1.75. The molecule has 0 aliphatic heterocycles. The Morgan fingerprint density at radius 1 is 1.38 bits per heavy atom. The lowest BCUT2D eigenvalue weighted by Crippen LogP contribution is -2.31. The lowest BCUT2D eigenvalue weighted by Gasteiger charge is -2.20. The molecular formula is C11H14BrFO3. The van der Waals surface area contributed by atoms with Gasteiger partial charge in [0.05, 0.1) is 0 Å². The number of ether oxygens (including phenoxy) is 2. The largest absolute Gasteiger partial charge is 0.387 e. The van der Waals surface area contributed by atoms with Gasteiger partial charge in [-0.15, -0.1) is 0 Å². The van der Waals surface area contributed by atoms with E-state index in [-0.39, 0.29) is 12.2 Å². The summed E-state index contributed by atoms with van der Waals surface area (Å²) in [6.45, 7) is 0. The summed E-state index contributed by atoms with van der Waals surface area (Å²) < 4.78 is 23.9. The first-order chi connectivity index (χ1) is 7.58. The Bertz CT molecular complexity index is 342. The van der Waals surface area contributed by atoms with Crippen molar-refractivity contribution in [1.29, 1.82) is 0 Å². The number of hydrogen-bond acceptors (Lipinski definition) is 3. The fraction of sp³-hybridized carbons (Fsp3) is 0.455. The summed E-state index contributed by atoms with van der Waals surface area (Å²) in [6.07, 6.45) is -1.50. The van der Waals surface area contributed by atoms with Crippen molar-refractivity contribution >= 4 is 15.9 Å². The van der Waals surface area contributed by atoms with Crippen molar-refractivity contribution in [2.75, 3.05) is 14.2 Å². The van der Waals surface area contributed by atoms with Crippen LogP contribution in [0.25, 0.3) is 0 Å². The first-order valence-corrected chi connectivity index (χ1v) is 5.55. The van der Waals surface area contributed by atoms with Crippen LogP contribution in [0.4, 0.5) is 4.39 Å². The summed E-state index contributed by atoms with van der Waals surface area (Å²) >= 11 is 3.17. The number of aliphatic hydroxyl groups is 1. The Balaban J connectivity index is 2.72. The quantitative estimate of drug-likeness (QED) is 0.845. The minimum absolute atomic E-state index is 0.144. The van der Waals surface area contributed by atoms with Crippen LogP contribution in [0.3, 0.4) is 0 Å². The van der Waals surface area contributed by atoms with Gasteiger partial charge in [0.2, 0.25) is 0 Å². The molecule has 0 bridgehead atoms. The molecule has 1 rings (SSSR count). The topological polar surface area (TPSA) is 38.7 Å².